The summed E-state index contributed by atoms with van der Waals surface area (Å²) in [6.07, 6.45) is -9.64. The minimum absolute atomic E-state index is 0.00891. The maximum absolute atomic E-state index is 12.4. The lowest BCUT2D eigenvalue weighted by Gasteiger charge is -2.44. The first-order valence-corrected chi connectivity index (χ1v) is 45.8. The van der Waals surface area contributed by atoms with E-state index in [9.17, 15) is 24.0 Å². The molecule has 5 aliphatic heterocycles. The monoisotopic (exact) mass is 1550 g/mol. The number of Topliss-reactive ketones (excluding diaryl/α,β-unsaturated/α-hetero) is 1. The van der Waals surface area contributed by atoms with Crippen LogP contribution in [0.1, 0.15) is 172 Å². The van der Waals surface area contributed by atoms with Crippen molar-refractivity contribution in [1.29, 1.82) is 0 Å². The summed E-state index contributed by atoms with van der Waals surface area (Å²) >= 11 is 0. The molecule has 4 aromatic carbocycles. The van der Waals surface area contributed by atoms with Crippen LogP contribution in [0.4, 0.5) is 0 Å². The fourth-order valence-electron chi connectivity index (χ4n) is 11.2. The van der Waals surface area contributed by atoms with E-state index in [1.54, 1.807) is 74.5 Å². The van der Waals surface area contributed by atoms with Crippen LogP contribution < -0.4 is 0 Å². The maximum atomic E-state index is 12.4. The molecule has 7 N–H and O–H groups in total. The smallest absolute Gasteiger partial charge is 0.340 e. The van der Waals surface area contributed by atoms with Crippen LogP contribution in [0.15, 0.2) is 121 Å². The minimum atomic E-state index is -2.21. The molecule has 5 heterocycles. The van der Waals surface area contributed by atoms with Crippen molar-refractivity contribution in [2.75, 3.05) is 19.8 Å². The van der Waals surface area contributed by atoms with Crippen LogP contribution in [0, 0.1) is 11.8 Å². The van der Waals surface area contributed by atoms with Crippen molar-refractivity contribution in [2.24, 2.45) is 11.8 Å². The summed E-state index contributed by atoms with van der Waals surface area (Å²) in [5.74, 6) is -1.32. The third-order valence-corrected chi connectivity index (χ3v) is 34.5. The Labute approximate surface area is 637 Å². The SMILES string of the molecule is CC(=O)OC1O[C@@H](CO[Si](C)(C)C(C)(C)C)[C@H](O[Si](C)(C)C(C)(C)C)[C@@H]1O[Si](C)(C)C(C)(C)C.CC(=O)c1ccccc1.CC1O[C@@H](CO)[C@H](O)[C@@H]1O.CC[C@@H]1OC(C)[C@@H](OC(=O)c2ccccc2)[C@H]1C.CC[C@@H]1OC(OC(=O)c2ccccc2)[C@@H](OC(=O)c2ccccc2)[C@H]1C.OC[C@@H]1OC(O)[C@@H](O)[C@H]1O. The highest BCUT2D eigenvalue weighted by atomic mass is 28.4. The summed E-state index contributed by atoms with van der Waals surface area (Å²) in [7, 11) is -6.41. The van der Waals surface area contributed by atoms with Gasteiger partial charge in [-0.2, -0.15) is 0 Å². The van der Waals surface area contributed by atoms with Crippen molar-refractivity contribution in [3.63, 3.8) is 0 Å². The number of hydrogen-bond donors (Lipinski definition) is 7. The van der Waals surface area contributed by atoms with Crippen molar-refractivity contribution in [3.05, 3.63) is 144 Å². The van der Waals surface area contributed by atoms with E-state index in [2.05, 4.69) is 120 Å². The molecule has 5 saturated heterocycles. The Morgan fingerprint density at radius 1 is 0.393 bits per heavy atom. The number of rotatable bonds is 19. The van der Waals surface area contributed by atoms with E-state index in [1.807, 2.05) is 81.4 Å². The van der Waals surface area contributed by atoms with Crippen molar-refractivity contribution in [3.8, 4) is 0 Å². The molecule has 27 heteroatoms. The van der Waals surface area contributed by atoms with Crippen molar-refractivity contribution >= 4 is 54.6 Å². The molecule has 5 fully saturated rings. The van der Waals surface area contributed by atoms with Gasteiger partial charge in [-0.05, 0) is 124 Å². The summed E-state index contributed by atoms with van der Waals surface area (Å²) in [6.45, 7) is 47.8. The van der Waals surface area contributed by atoms with Gasteiger partial charge in [0.1, 0.15) is 61.0 Å². The first-order valence-electron chi connectivity index (χ1n) is 37.1. The second-order valence-electron chi connectivity index (χ2n) is 32.3. The second-order valence-corrected chi connectivity index (χ2v) is 46.6. The van der Waals surface area contributed by atoms with Gasteiger partial charge in [-0.1, -0.05) is 175 Å². The largest absolute Gasteiger partial charge is 0.456 e. The fourth-order valence-corrected chi connectivity index (χ4v) is 14.8. The lowest BCUT2D eigenvalue weighted by atomic mass is 9.97. The number of ketones is 1. The highest BCUT2D eigenvalue weighted by Crippen LogP contribution is 2.45. The van der Waals surface area contributed by atoms with Gasteiger partial charge in [0.15, 0.2) is 43.1 Å². The van der Waals surface area contributed by atoms with Crippen molar-refractivity contribution in [1.82, 2.24) is 0 Å². The van der Waals surface area contributed by atoms with Gasteiger partial charge >= 0.3 is 23.9 Å². The number of esters is 4. The number of hydrogen-bond acceptors (Lipinski definition) is 24. The molecule has 5 unspecified atom stereocenters. The highest BCUT2D eigenvalue weighted by molar-refractivity contribution is 6.75. The van der Waals surface area contributed by atoms with Crippen LogP contribution >= 0.6 is 0 Å². The van der Waals surface area contributed by atoms with Gasteiger partial charge in [0.05, 0.1) is 60.9 Å². The summed E-state index contributed by atoms with van der Waals surface area (Å²) in [5.41, 5.74) is 2.25. The van der Waals surface area contributed by atoms with Crippen molar-refractivity contribution < 1.29 is 116 Å². The molecule has 602 valence electrons. The van der Waals surface area contributed by atoms with Crippen LogP contribution in [-0.4, -0.2) is 221 Å². The van der Waals surface area contributed by atoms with Crippen LogP contribution in [0.25, 0.3) is 0 Å². The Kier molecular flexibility index (Phi) is 36.6. The van der Waals surface area contributed by atoms with E-state index in [1.165, 1.54) is 6.92 Å². The zero-order valence-corrected chi connectivity index (χ0v) is 70.2. The maximum Gasteiger partial charge on any atom is 0.340 e. The average Bonchev–Trinajstić information content (AvgIpc) is 1.65. The Balaban J connectivity index is 0.000000291. The molecular weight excluding hydrogens is 1430 g/mol. The average molecular weight is 1560 g/mol. The molecule has 0 bridgehead atoms. The van der Waals surface area contributed by atoms with Crippen molar-refractivity contribution in [2.45, 2.75) is 295 Å². The van der Waals surface area contributed by atoms with Gasteiger partial charge in [-0.15, -0.1) is 0 Å². The zero-order valence-electron chi connectivity index (χ0n) is 67.2. The third kappa shape index (κ3) is 27.1. The Bertz CT molecular complexity index is 3280. The van der Waals surface area contributed by atoms with Gasteiger partial charge < -0.3 is 91.7 Å². The Morgan fingerprint density at radius 3 is 1.07 bits per heavy atom. The molecule has 107 heavy (non-hydrogen) atoms. The molecule has 0 aromatic heterocycles. The van der Waals surface area contributed by atoms with E-state index < -0.39 is 111 Å². The zero-order chi connectivity index (χ0) is 80.9. The number of benzene rings is 4. The topological polar surface area (TPSA) is 338 Å². The van der Waals surface area contributed by atoms with Gasteiger partial charge in [0, 0.05) is 24.3 Å². The molecular formula is C80H126O24Si3. The standard InChI is InChI=1S/C25H54O6Si3.C21H22O5.C15H20O3.C8H8O.C6H12O4.C5H10O5/c1-18(26)28-22-21(31-34(15,16)25(8,9)10)20(30-33(13,14)24(5,6)7)19(29-22)17-27-32(11,12)23(2,3)4;1-3-17-14(2)18(25-19(22)15-10-6-4-7-11-15)21(24-17)26-20(23)16-12-8-5-9-13-16;1-4-13-10(2)14(11(3)17-13)18-15(16)12-8-6-5-7-9-12;1-7(9)8-5-3-2-4-6-8;1-3-5(8)6(9)4(2-7)10-3;6-1-2-3(7)4(8)5(9)10-2/h19-22H,17H2,1-16H3;4-14,17-18,21H,3H2,1-2H3;5-11,13-14H,4H2,1-3H3;2-6H,1H3;3-9H,2H2,1H3;2-9H,1H2/t19-,20-,21-,22?;14-,17-,18-,21?;10-,11?,13-,14-;;3?,4-,5+,6-;2-,3-,4-,5?/m000.00/s1. The molecule has 9 rings (SSSR count). The van der Waals surface area contributed by atoms with E-state index >= 15 is 0 Å². The second kappa shape index (κ2) is 41.7. The summed E-state index contributed by atoms with van der Waals surface area (Å²) < 4.78 is 70.4. The van der Waals surface area contributed by atoms with Gasteiger partial charge in [-0.3, -0.25) is 9.59 Å². The van der Waals surface area contributed by atoms with Crippen LogP contribution in [0.3, 0.4) is 0 Å². The minimum Gasteiger partial charge on any atom is -0.456 e. The molecule has 24 nitrogen and oxygen atoms in total. The quantitative estimate of drug-likeness (QED) is 0.0198. The predicted molar refractivity (Wildman–Crippen MR) is 413 cm³/mol. The molecule has 0 saturated carbocycles. The van der Waals surface area contributed by atoms with E-state index in [4.69, 9.17) is 86.9 Å². The fraction of sp³-hybridized carbons (Fsp3) is 0.637. The highest BCUT2D eigenvalue weighted by Gasteiger charge is 2.56. The number of carbonyl (C=O) groups is 5. The third-order valence-electron chi connectivity index (χ3n) is 21.1. The molecule has 5 aliphatic rings. The molecule has 0 spiro atoms. The summed E-state index contributed by atoms with van der Waals surface area (Å²) in [4.78, 5) is 59.5. The van der Waals surface area contributed by atoms with Gasteiger partial charge in [0.2, 0.25) is 12.6 Å². The number of aliphatic hydroxyl groups excluding tert-OH is 7. The van der Waals surface area contributed by atoms with E-state index in [-0.39, 0.29) is 94.0 Å². The summed E-state index contributed by atoms with van der Waals surface area (Å²) in [6, 6.07) is 35.7. The number of carbonyl (C=O) groups excluding carboxylic acids is 5. The van der Waals surface area contributed by atoms with E-state index in [0.29, 0.717) is 23.3 Å². The van der Waals surface area contributed by atoms with Crippen LogP contribution in [0.5, 0.6) is 0 Å². The first kappa shape index (κ1) is 93.9. The predicted octanol–water partition coefficient (Wildman–Crippen LogP) is 11.8. The molecule has 0 aliphatic carbocycles. The summed E-state index contributed by atoms with van der Waals surface area (Å²) in [5, 5.41) is 61.8. The van der Waals surface area contributed by atoms with E-state index in [0.717, 1.165) is 18.4 Å². The van der Waals surface area contributed by atoms with Gasteiger partial charge in [-0.25, -0.2) is 14.4 Å². The molecule has 0 amide bonds. The lowest BCUT2D eigenvalue weighted by Crippen LogP contribution is -2.55. The number of ether oxygens (including phenoxy) is 9. The Hall–Kier alpha value is -5.52. The van der Waals surface area contributed by atoms with Gasteiger partial charge in [0.25, 0.3) is 0 Å². The Morgan fingerprint density at radius 2 is 0.738 bits per heavy atom. The lowest BCUT2D eigenvalue weighted by molar-refractivity contribution is -0.185. The molecule has 4 aromatic rings. The molecule has 0 radical (unpaired) electrons. The normalized spacial score (nSPS) is 29.1. The number of aliphatic hydroxyl groups is 7. The van der Waals surface area contributed by atoms with Crippen LogP contribution in [0.2, 0.25) is 54.4 Å². The molecule has 20 atom stereocenters. The van der Waals surface area contributed by atoms with Crippen LogP contribution in [-0.2, 0) is 60.7 Å². The first-order chi connectivity index (χ1) is 49.7.